The van der Waals surface area contributed by atoms with E-state index < -0.39 is 0 Å². The lowest BCUT2D eigenvalue weighted by molar-refractivity contribution is -0.170. The molecule has 0 aromatic rings. The van der Waals surface area contributed by atoms with E-state index in [-0.39, 0.29) is 138 Å². The van der Waals surface area contributed by atoms with Crippen LogP contribution in [-0.4, -0.2) is 148 Å². The molecule has 12 bridgehead atoms. The molecule has 0 aromatic carbocycles. The molecule has 668 valence electrons. The summed E-state index contributed by atoms with van der Waals surface area (Å²) in [5.74, 6) is 7.06. The van der Waals surface area contributed by atoms with Gasteiger partial charge >= 0.3 is 53.7 Å². The molecule has 25 fully saturated rings. The summed E-state index contributed by atoms with van der Waals surface area (Å²) in [7, 11) is 0. The van der Waals surface area contributed by atoms with E-state index in [9.17, 15) is 43.2 Å². The van der Waals surface area contributed by atoms with Crippen molar-refractivity contribution in [1.82, 2.24) is 0 Å². The predicted molar refractivity (Wildman–Crippen MR) is 445 cm³/mol. The molecule has 15 heterocycles. The second kappa shape index (κ2) is 55.8. The van der Waals surface area contributed by atoms with Crippen LogP contribution in [0.1, 0.15) is 364 Å². The lowest BCUT2D eigenvalue weighted by Gasteiger charge is -2.35. The molecule has 19 unspecified atom stereocenters. The first-order valence-electron chi connectivity index (χ1n) is 47.3. The molecule has 0 radical (unpaired) electrons. The lowest BCUT2D eigenvalue weighted by Crippen LogP contribution is -2.39. The van der Waals surface area contributed by atoms with Crippen LogP contribution >= 0.6 is 0 Å². The van der Waals surface area contributed by atoms with Gasteiger partial charge in [0.2, 0.25) is 0 Å². The van der Waals surface area contributed by atoms with Crippen LogP contribution in [0.4, 0.5) is 0 Å². The van der Waals surface area contributed by atoms with E-state index in [1.165, 1.54) is 83.5 Å². The number of cyclic esters (lactones) is 3. The van der Waals surface area contributed by atoms with E-state index >= 15 is 0 Å². The number of fused-ring (bicyclic) bond motifs is 14. The summed E-state index contributed by atoms with van der Waals surface area (Å²) < 4.78 is 66.5. The Hall–Kier alpha value is -4.93. The lowest BCUT2D eigenvalue weighted by atomic mass is 9.68. The molecule has 10 aliphatic carbocycles. The minimum Gasteiger partial charge on any atom is -0.465 e. The van der Waals surface area contributed by atoms with Crippen molar-refractivity contribution in [2.75, 3.05) is 33.2 Å². The molecule has 25 aliphatic rings. The summed E-state index contributed by atoms with van der Waals surface area (Å²) in [5.41, 5.74) is -0.0266. The highest BCUT2D eigenvalue weighted by atomic mass is 16.8. The zero-order valence-electron chi connectivity index (χ0n) is 76.1. The molecule has 19 atom stereocenters. The Morgan fingerprint density at radius 1 is 0.313 bits per heavy atom. The maximum absolute atomic E-state index is 11.6. The van der Waals surface area contributed by atoms with Crippen LogP contribution in [0, 0.1) is 81.8 Å². The molecule has 0 aromatic heterocycles. The van der Waals surface area contributed by atoms with Crippen LogP contribution in [0.3, 0.4) is 0 Å². The van der Waals surface area contributed by atoms with E-state index in [0.717, 1.165) is 139 Å². The topological polar surface area (TPSA) is 274 Å². The summed E-state index contributed by atoms with van der Waals surface area (Å²) in [6, 6.07) is 0. The zero-order valence-corrected chi connectivity index (χ0v) is 76.1. The zero-order chi connectivity index (χ0) is 86.0. The summed E-state index contributed by atoms with van der Waals surface area (Å²) in [4.78, 5) is 99.1. The normalized spacial score (nSPS) is 36.7. The fourth-order valence-corrected chi connectivity index (χ4v) is 20.6. The van der Waals surface area contributed by atoms with Gasteiger partial charge in [0.1, 0.15) is 42.7 Å². The third-order valence-corrected chi connectivity index (χ3v) is 25.5. The van der Waals surface area contributed by atoms with Crippen LogP contribution in [0.25, 0.3) is 0 Å². The monoisotopic (exact) mass is 1630 g/mol. The van der Waals surface area contributed by atoms with Gasteiger partial charge in [0.25, 0.3) is 0 Å². The van der Waals surface area contributed by atoms with Crippen molar-refractivity contribution >= 4 is 53.7 Å². The first kappa shape index (κ1) is 104. The standard InChI is InChI=1S/2C10H14O2.C9H14O2.C8H10O2.C7H8O5.3C7H10O2.C6H8O3.11C2H6/c11-10-8-2-6-1-7(3-8)5-9(4-6)12-10;11-9-10(3-4-12-9)6-7-1-2-8(10)5-7;10-8-9(6-7-11-8)4-2-1-3-5-9;9-8-6-2-5-1-4(6)3-7(5)10-8;8-4-1-3-5(12-4)6-7(11-3)10-2-9-6;8-7-5-1-3-6(9-7)4-2-5;8-7-6-3-1-2-5(6)4-9-7;8-7-4-5-2-1-3-6(5)9-7;7-6-3-5-4(9-6)1-2-8-5;11*1-2/h6-9H,1-5H2;7-8H,1-6H2;1-7H2;4-7H,1-3H2;3,5-7H,1-2H2;3*5-6H,1-4H2;4-5H,1-3H2;11*1-2H3. The Labute approximate surface area is 695 Å². The molecule has 22 nitrogen and oxygen atoms in total. The van der Waals surface area contributed by atoms with Gasteiger partial charge in [-0.25, -0.2) is 0 Å². The van der Waals surface area contributed by atoms with Crippen molar-refractivity contribution in [3.8, 4) is 0 Å². The molecule has 10 saturated carbocycles. The van der Waals surface area contributed by atoms with Crippen molar-refractivity contribution in [1.29, 1.82) is 0 Å². The van der Waals surface area contributed by atoms with Crippen LogP contribution < -0.4 is 0 Å². The van der Waals surface area contributed by atoms with Gasteiger partial charge in [0.05, 0.1) is 80.2 Å². The van der Waals surface area contributed by atoms with Gasteiger partial charge in [-0.05, 0) is 190 Å². The highest BCUT2D eigenvalue weighted by Crippen LogP contribution is 2.60. The van der Waals surface area contributed by atoms with Crippen molar-refractivity contribution in [3.05, 3.63) is 0 Å². The smallest absolute Gasteiger partial charge is 0.312 e. The molecule has 25 rings (SSSR count). The molecule has 0 N–H and O–H groups in total. The number of esters is 9. The van der Waals surface area contributed by atoms with Gasteiger partial charge in [-0.1, -0.05) is 184 Å². The predicted octanol–water partition coefficient (Wildman–Crippen LogP) is 20.3. The average molecular weight is 1630 g/mol. The second-order valence-electron chi connectivity index (χ2n) is 31.1. The number of rotatable bonds is 0. The Balaban J connectivity index is 0.000000325. The van der Waals surface area contributed by atoms with E-state index in [1.807, 2.05) is 152 Å². The summed E-state index contributed by atoms with van der Waals surface area (Å²) in [5, 5.41) is 0. The van der Waals surface area contributed by atoms with Crippen LogP contribution in [-0.2, 0) is 105 Å². The fraction of sp³-hybridized carbons (Fsp3) is 0.903. The van der Waals surface area contributed by atoms with E-state index in [0.29, 0.717) is 80.9 Å². The third kappa shape index (κ3) is 28.3. The van der Waals surface area contributed by atoms with Gasteiger partial charge in [-0.2, -0.15) is 0 Å². The largest absolute Gasteiger partial charge is 0.465 e. The highest BCUT2D eigenvalue weighted by molar-refractivity contribution is 5.80. The molecular formula is C93H164O22. The minimum atomic E-state index is -0.326. The van der Waals surface area contributed by atoms with Crippen LogP contribution in [0.2, 0.25) is 0 Å². The van der Waals surface area contributed by atoms with Gasteiger partial charge in [-0.3, -0.25) is 43.2 Å². The van der Waals surface area contributed by atoms with Gasteiger partial charge in [-0.15, -0.1) is 0 Å². The Morgan fingerprint density at radius 3 is 1.41 bits per heavy atom. The van der Waals surface area contributed by atoms with E-state index in [4.69, 9.17) is 61.6 Å². The molecule has 15 aliphatic heterocycles. The number of hydrogen-bond donors (Lipinski definition) is 0. The molecule has 115 heavy (non-hydrogen) atoms. The average Bonchev–Trinajstić information content (AvgIpc) is 1.61. The number of hydrogen-bond acceptors (Lipinski definition) is 22. The van der Waals surface area contributed by atoms with Gasteiger partial charge < -0.3 is 61.6 Å². The molecular weight excluding hydrogens is 1470 g/mol. The Bertz CT molecular complexity index is 2700. The van der Waals surface area contributed by atoms with Gasteiger partial charge in [0.15, 0.2) is 25.3 Å². The first-order chi connectivity index (χ1) is 56.1. The van der Waals surface area contributed by atoms with Crippen molar-refractivity contribution in [3.63, 3.8) is 0 Å². The Kier molecular flexibility index (Phi) is 50.6. The number of ether oxygens (including phenoxy) is 13. The highest BCUT2D eigenvalue weighted by Gasteiger charge is 2.60. The van der Waals surface area contributed by atoms with Crippen LogP contribution in [0.15, 0.2) is 0 Å². The maximum atomic E-state index is 11.6. The van der Waals surface area contributed by atoms with Crippen LogP contribution in [0.5, 0.6) is 0 Å². The quantitative estimate of drug-likeness (QED) is 0.161. The van der Waals surface area contributed by atoms with E-state index in [2.05, 4.69) is 0 Å². The second-order valence-corrected chi connectivity index (χ2v) is 31.1. The fourth-order valence-electron chi connectivity index (χ4n) is 20.6. The molecule has 15 saturated heterocycles. The summed E-state index contributed by atoms with van der Waals surface area (Å²) in [6.07, 6.45) is 36.6. The summed E-state index contributed by atoms with van der Waals surface area (Å²) in [6.45, 7) is 47.0. The number of carbonyl (C=O) groups is 9. The van der Waals surface area contributed by atoms with Crippen molar-refractivity contribution in [2.24, 2.45) is 81.8 Å². The molecule has 22 heteroatoms. The minimum absolute atomic E-state index is 0.00289. The third-order valence-electron chi connectivity index (χ3n) is 25.5. The first-order valence-corrected chi connectivity index (χ1v) is 47.3. The maximum Gasteiger partial charge on any atom is 0.312 e. The van der Waals surface area contributed by atoms with E-state index in [1.54, 1.807) is 0 Å². The SMILES string of the molecule is CC.CC.CC.CC.CC.CC.CC.CC.CC.CC.CC.O=C1CC2CCCC2O1.O=C1CC2OC3OCOC3C2O1.O=C1CC2OCCC2O1.O=C1OC2CC3CC(C2)CC1C3.O=C1OC2CC3CC2CC13.O=C1OC2CCC1CC2.O=C1OCC2CCCC12.O=C1OCCC12CC1CCC2C1.O=C1OCCC12CCCCC2. The Morgan fingerprint density at radius 2 is 0.896 bits per heavy atom. The van der Waals surface area contributed by atoms with Crippen molar-refractivity contribution in [2.45, 2.75) is 425 Å². The van der Waals surface area contributed by atoms with Gasteiger partial charge in [0, 0.05) is 18.3 Å². The van der Waals surface area contributed by atoms with Crippen molar-refractivity contribution < 1.29 is 105 Å². The molecule has 2 spiro atoms. The summed E-state index contributed by atoms with van der Waals surface area (Å²) >= 11 is 0. The number of carbonyl (C=O) groups excluding carboxylic acids is 9. The molecule has 0 amide bonds.